The summed E-state index contributed by atoms with van der Waals surface area (Å²) in [6.45, 7) is 5.99. The third kappa shape index (κ3) is 3.18. The highest BCUT2D eigenvalue weighted by Crippen LogP contribution is 2.41. The first-order valence-electron chi connectivity index (χ1n) is 6.65. The second kappa shape index (κ2) is 6.17. The monoisotopic (exact) mass is 309 g/mol. The van der Waals surface area contributed by atoms with Gasteiger partial charge >= 0.3 is 5.97 Å². The van der Waals surface area contributed by atoms with E-state index >= 15 is 0 Å². The van der Waals surface area contributed by atoms with E-state index in [0.29, 0.717) is 28.4 Å². The highest BCUT2D eigenvalue weighted by atomic mass is 32.1. The molecule has 1 aromatic heterocycles. The molecule has 1 heterocycles. The van der Waals surface area contributed by atoms with E-state index in [9.17, 15) is 9.59 Å². The minimum absolute atomic E-state index is 0.157. The van der Waals surface area contributed by atoms with Crippen LogP contribution in [0.1, 0.15) is 33.4 Å². The van der Waals surface area contributed by atoms with E-state index in [1.807, 2.05) is 0 Å². The highest BCUT2D eigenvalue weighted by Gasteiger charge is 2.35. The molecule has 0 spiro atoms. The van der Waals surface area contributed by atoms with Gasteiger partial charge in [0.1, 0.15) is 15.4 Å². The summed E-state index contributed by atoms with van der Waals surface area (Å²) < 4.78 is 4.76. The number of hydrogen-bond donors (Lipinski definition) is 3. The Morgan fingerprint density at radius 1 is 1.57 bits per heavy atom. The molecule has 1 aromatic rings. The first-order valence-corrected chi connectivity index (χ1v) is 7.47. The maximum absolute atomic E-state index is 12.1. The number of thiophene rings is 1. The van der Waals surface area contributed by atoms with Crippen molar-refractivity contribution in [3.63, 3.8) is 0 Å². The van der Waals surface area contributed by atoms with Crippen LogP contribution >= 0.6 is 11.3 Å². The SMILES string of the molecule is C=CCNC(=O)c1sc(NC2CC2C)c(C(=O)OC)c1N. The minimum Gasteiger partial charge on any atom is -0.465 e. The summed E-state index contributed by atoms with van der Waals surface area (Å²) in [7, 11) is 1.29. The van der Waals surface area contributed by atoms with Crippen LogP contribution in [0.2, 0.25) is 0 Å². The number of methoxy groups -OCH3 is 1. The van der Waals surface area contributed by atoms with Crippen molar-refractivity contribution >= 4 is 33.9 Å². The second-order valence-electron chi connectivity index (χ2n) is 5.00. The average molecular weight is 309 g/mol. The van der Waals surface area contributed by atoms with Gasteiger partial charge in [0, 0.05) is 12.6 Å². The molecule has 1 aliphatic rings. The first kappa shape index (κ1) is 15.4. The Kier molecular flexibility index (Phi) is 4.52. The molecule has 0 saturated heterocycles. The molecule has 2 unspecified atom stereocenters. The Balaban J connectivity index is 2.31. The van der Waals surface area contributed by atoms with Crippen LogP contribution in [0.15, 0.2) is 12.7 Å². The van der Waals surface area contributed by atoms with Gasteiger partial charge in [-0.2, -0.15) is 0 Å². The van der Waals surface area contributed by atoms with Crippen LogP contribution in [0.3, 0.4) is 0 Å². The fourth-order valence-electron chi connectivity index (χ4n) is 1.96. The molecular weight excluding hydrogens is 290 g/mol. The minimum atomic E-state index is -0.540. The normalized spacial score (nSPS) is 19.7. The summed E-state index contributed by atoms with van der Waals surface area (Å²) in [5.74, 6) is -0.307. The molecule has 7 heteroatoms. The van der Waals surface area contributed by atoms with Gasteiger partial charge in [-0.1, -0.05) is 13.0 Å². The summed E-state index contributed by atoms with van der Waals surface area (Å²) in [6.07, 6.45) is 2.62. The number of ether oxygens (including phenoxy) is 1. The zero-order valence-corrected chi connectivity index (χ0v) is 12.9. The number of nitrogens with one attached hydrogen (secondary N) is 2. The van der Waals surface area contributed by atoms with E-state index in [1.165, 1.54) is 18.4 Å². The quantitative estimate of drug-likeness (QED) is 0.551. The standard InChI is InChI=1S/C14H19N3O3S/c1-4-5-16-12(18)11-10(15)9(14(19)20-3)13(21-11)17-8-6-7(8)2/h4,7-8,17H,1,5-6,15H2,2-3H3,(H,16,18). The van der Waals surface area contributed by atoms with Crippen LogP contribution in [0.4, 0.5) is 10.7 Å². The van der Waals surface area contributed by atoms with Crippen molar-refractivity contribution in [2.45, 2.75) is 19.4 Å². The number of nitrogens with two attached hydrogens (primary N) is 1. The molecule has 114 valence electrons. The van der Waals surface area contributed by atoms with Gasteiger partial charge in [0.25, 0.3) is 5.91 Å². The predicted octanol–water partition coefficient (Wildman–Crippen LogP) is 1.85. The Bertz CT molecular complexity index is 582. The van der Waals surface area contributed by atoms with E-state index in [2.05, 4.69) is 24.1 Å². The van der Waals surface area contributed by atoms with Crippen molar-refractivity contribution in [3.05, 3.63) is 23.1 Å². The molecule has 1 aliphatic carbocycles. The molecule has 2 atom stereocenters. The van der Waals surface area contributed by atoms with E-state index in [1.54, 1.807) is 6.08 Å². The van der Waals surface area contributed by atoms with Crippen molar-refractivity contribution in [1.29, 1.82) is 0 Å². The maximum Gasteiger partial charge on any atom is 0.343 e. The molecular formula is C14H19N3O3S. The van der Waals surface area contributed by atoms with Crippen molar-refractivity contribution < 1.29 is 14.3 Å². The van der Waals surface area contributed by atoms with Crippen LogP contribution in [0, 0.1) is 5.92 Å². The van der Waals surface area contributed by atoms with Gasteiger partial charge in [-0.3, -0.25) is 4.79 Å². The molecule has 0 radical (unpaired) electrons. The lowest BCUT2D eigenvalue weighted by molar-refractivity contribution is 0.0603. The Hall–Kier alpha value is -2.02. The zero-order chi connectivity index (χ0) is 15.6. The lowest BCUT2D eigenvalue weighted by Gasteiger charge is -2.05. The third-order valence-corrected chi connectivity index (χ3v) is 4.51. The Labute approximate surface area is 127 Å². The highest BCUT2D eigenvalue weighted by molar-refractivity contribution is 7.19. The van der Waals surface area contributed by atoms with Crippen molar-refractivity contribution in [2.75, 3.05) is 24.7 Å². The van der Waals surface area contributed by atoms with Gasteiger partial charge in [0.05, 0.1) is 12.8 Å². The fourth-order valence-corrected chi connectivity index (χ4v) is 3.04. The van der Waals surface area contributed by atoms with Crippen molar-refractivity contribution in [2.24, 2.45) is 5.92 Å². The fraction of sp³-hybridized carbons (Fsp3) is 0.429. The number of amides is 1. The van der Waals surface area contributed by atoms with E-state index in [-0.39, 0.29) is 17.2 Å². The van der Waals surface area contributed by atoms with Crippen LogP contribution in [0.25, 0.3) is 0 Å². The summed E-state index contributed by atoms with van der Waals surface area (Å²) >= 11 is 1.18. The van der Waals surface area contributed by atoms with Crippen LogP contribution in [-0.2, 0) is 4.74 Å². The van der Waals surface area contributed by atoms with Gasteiger partial charge < -0.3 is 21.1 Å². The number of esters is 1. The number of carbonyl (C=O) groups excluding carboxylic acids is 2. The predicted molar refractivity (Wildman–Crippen MR) is 83.8 cm³/mol. The topological polar surface area (TPSA) is 93.5 Å². The molecule has 2 rings (SSSR count). The lowest BCUT2D eigenvalue weighted by atomic mass is 10.2. The Morgan fingerprint density at radius 3 is 2.76 bits per heavy atom. The smallest absolute Gasteiger partial charge is 0.343 e. The summed E-state index contributed by atoms with van der Waals surface area (Å²) in [5.41, 5.74) is 6.36. The molecule has 1 amide bonds. The van der Waals surface area contributed by atoms with Gasteiger partial charge in [0.2, 0.25) is 0 Å². The van der Waals surface area contributed by atoms with Crippen LogP contribution in [-0.4, -0.2) is 31.6 Å². The second-order valence-corrected chi connectivity index (χ2v) is 6.02. The van der Waals surface area contributed by atoms with Crippen molar-refractivity contribution in [3.8, 4) is 0 Å². The summed E-state index contributed by atoms with van der Waals surface area (Å²) in [5, 5.41) is 6.51. The molecule has 4 N–H and O–H groups in total. The van der Waals surface area contributed by atoms with Crippen LogP contribution < -0.4 is 16.4 Å². The number of hydrogen-bond acceptors (Lipinski definition) is 6. The number of nitrogen functional groups attached to an aromatic ring is 1. The van der Waals surface area contributed by atoms with Gasteiger partial charge in [-0.25, -0.2) is 4.79 Å². The first-order chi connectivity index (χ1) is 9.99. The molecule has 0 aromatic carbocycles. The average Bonchev–Trinajstić information content (AvgIpc) is 3.05. The third-order valence-electron chi connectivity index (χ3n) is 3.37. The van der Waals surface area contributed by atoms with E-state index < -0.39 is 5.97 Å². The van der Waals surface area contributed by atoms with Crippen molar-refractivity contribution in [1.82, 2.24) is 5.32 Å². The molecule has 0 aliphatic heterocycles. The largest absolute Gasteiger partial charge is 0.465 e. The molecule has 1 fully saturated rings. The maximum atomic E-state index is 12.1. The van der Waals surface area contributed by atoms with Gasteiger partial charge in [0.15, 0.2) is 0 Å². The number of anilines is 2. The lowest BCUT2D eigenvalue weighted by Crippen LogP contribution is -2.23. The van der Waals surface area contributed by atoms with Gasteiger partial charge in [-0.05, 0) is 12.3 Å². The van der Waals surface area contributed by atoms with E-state index in [0.717, 1.165) is 6.42 Å². The number of rotatable bonds is 6. The molecule has 6 nitrogen and oxygen atoms in total. The zero-order valence-electron chi connectivity index (χ0n) is 12.1. The summed E-state index contributed by atoms with van der Waals surface area (Å²) in [6, 6.07) is 0.315. The molecule has 1 saturated carbocycles. The van der Waals surface area contributed by atoms with E-state index in [4.69, 9.17) is 10.5 Å². The molecule has 21 heavy (non-hydrogen) atoms. The molecule has 0 bridgehead atoms. The summed E-state index contributed by atoms with van der Waals surface area (Å²) in [4.78, 5) is 24.3. The number of carbonyl (C=O) groups is 2. The Morgan fingerprint density at radius 2 is 2.24 bits per heavy atom. The van der Waals surface area contributed by atoms with Crippen LogP contribution in [0.5, 0.6) is 0 Å². The van der Waals surface area contributed by atoms with Gasteiger partial charge in [-0.15, -0.1) is 17.9 Å².